The Balaban J connectivity index is 1.91. The monoisotopic (exact) mass is 455 g/mol. The van der Waals surface area contributed by atoms with Gasteiger partial charge in [0.25, 0.3) is 0 Å². The fourth-order valence-corrected chi connectivity index (χ4v) is 4.34. The van der Waals surface area contributed by atoms with Crippen molar-refractivity contribution in [3.05, 3.63) is 94.5 Å². The van der Waals surface area contributed by atoms with Crippen molar-refractivity contribution in [1.29, 1.82) is 0 Å². The Morgan fingerprint density at radius 1 is 0.588 bits per heavy atom. The maximum Gasteiger partial charge on any atom is 0.169 e. The highest BCUT2D eigenvalue weighted by molar-refractivity contribution is 5.86. The second kappa shape index (κ2) is 9.02. The maximum atomic E-state index is 11.0. The van der Waals surface area contributed by atoms with Crippen LogP contribution >= 0.6 is 0 Å². The third-order valence-corrected chi connectivity index (χ3v) is 5.72. The van der Waals surface area contributed by atoms with Gasteiger partial charge in [0.05, 0.1) is 17.1 Å². The average molecular weight is 456 g/mol. The average Bonchev–Trinajstić information content (AvgIpc) is 2.74. The number of nitrogens with zero attached hydrogens (tertiary/aromatic N) is 1. The first kappa shape index (κ1) is 23.1. The van der Waals surface area contributed by atoms with Crippen molar-refractivity contribution in [2.45, 2.75) is 34.6 Å². The number of rotatable bonds is 5. The van der Waals surface area contributed by atoms with Crippen LogP contribution in [0.5, 0.6) is 28.7 Å². The molecule has 0 spiro atoms. The Hall–Kier alpha value is -4.12. The minimum Gasteiger partial charge on any atom is -0.506 e. The number of aromatic hydroxyl groups is 3. The predicted octanol–water partition coefficient (Wildman–Crippen LogP) is 7.61. The summed E-state index contributed by atoms with van der Waals surface area (Å²) in [6.07, 6.45) is 0. The summed E-state index contributed by atoms with van der Waals surface area (Å²) >= 11 is 0. The van der Waals surface area contributed by atoms with E-state index in [-0.39, 0.29) is 17.2 Å². The van der Waals surface area contributed by atoms with E-state index in [1.165, 1.54) is 0 Å². The highest BCUT2D eigenvalue weighted by Gasteiger charge is 2.24. The lowest BCUT2D eigenvalue weighted by Crippen LogP contribution is -2.13. The van der Waals surface area contributed by atoms with Crippen LogP contribution in [0.2, 0.25) is 0 Å². The summed E-state index contributed by atoms with van der Waals surface area (Å²) in [5, 5.41) is 32.2. The van der Waals surface area contributed by atoms with E-state index < -0.39 is 0 Å². The first-order chi connectivity index (χ1) is 16.1. The normalized spacial score (nSPS) is 10.9. The van der Waals surface area contributed by atoms with Crippen molar-refractivity contribution in [2.24, 2.45) is 0 Å². The topological polar surface area (TPSA) is 73.2 Å². The summed E-state index contributed by atoms with van der Waals surface area (Å²) in [6, 6.07) is 19.9. The minimum atomic E-state index is 0.0481. The molecule has 0 fully saturated rings. The van der Waals surface area contributed by atoms with Gasteiger partial charge < -0.3 is 25.0 Å². The lowest BCUT2D eigenvalue weighted by atomic mass is 10.0. The Morgan fingerprint density at radius 3 is 1.74 bits per heavy atom. The van der Waals surface area contributed by atoms with Crippen LogP contribution in [0.3, 0.4) is 0 Å². The Kier molecular flexibility index (Phi) is 6.12. The molecule has 0 aliphatic heterocycles. The molecule has 4 rings (SSSR count). The van der Waals surface area contributed by atoms with Gasteiger partial charge in [0.2, 0.25) is 0 Å². The van der Waals surface area contributed by atoms with Crippen LogP contribution in [-0.2, 0) is 0 Å². The SMILES string of the molecule is Cc1cc(C)c(N(c2cccc(Oc3cc(C)ccc3O)c2)c2c(C)cc(C)cc2O)c(O)c1. The van der Waals surface area contributed by atoms with E-state index in [4.69, 9.17) is 4.74 Å². The van der Waals surface area contributed by atoms with E-state index in [1.54, 1.807) is 30.3 Å². The van der Waals surface area contributed by atoms with Crippen LogP contribution in [-0.4, -0.2) is 15.3 Å². The molecule has 0 heterocycles. The fourth-order valence-electron chi connectivity index (χ4n) is 4.34. The first-order valence-electron chi connectivity index (χ1n) is 11.1. The van der Waals surface area contributed by atoms with Crippen LogP contribution in [0.4, 0.5) is 17.1 Å². The number of hydrogen-bond acceptors (Lipinski definition) is 5. The number of phenolic OH excluding ortho intramolecular Hbond substituents is 3. The van der Waals surface area contributed by atoms with Crippen LogP contribution < -0.4 is 9.64 Å². The van der Waals surface area contributed by atoms with Crippen LogP contribution in [0.1, 0.15) is 27.8 Å². The number of aryl methyl sites for hydroxylation is 5. The van der Waals surface area contributed by atoms with E-state index >= 15 is 0 Å². The molecular formula is C29H29NO4. The number of benzene rings is 4. The van der Waals surface area contributed by atoms with Crippen molar-refractivity contribution >= 4 is 17.1 Å². The molecular weight excluding hydrogens is 426 g/mol. The standard InChI is InChI=1S/C29H29NO4/c1-17-9-10-24(31)27(15-17)34-23-8-6-7-22(16-23)30(28-20(4)11-18(2)13-25(28)32)29-21(5)12-19(3)14-26(29)33/h6-16,31-33H,1-5H3. The van der Waals surface area contributed by atoms with Gasteiger partial charge >= 0.3 is 0 Å². The molecule has 0 amide bonds. The fraction of sp³-hybridized carbons (Fsp3) is 0.172. The molecule has 4 aromatic carbocycles. The van der Waals surface area contributed by atoms with E-state index in [1.807, 2.05) is 75.9 Å². The molecule has 0 radical (unpaired) electrons. The summed E-state index contributed by atoms with van der Waals surface area (Å²) < 4.78 is 6.01. The van der Waals surface area contributed by atoms with Gasteiger partial charge in [0.1, 0.15) is 17.2 Å². The zero-order chi connectivity index (χ0) is 24.6. The highest BCUT2D eigenvalue weighted by atomic mass is 16.5. The van der Waals surface area contributed by atoms with Crippen LogP contribution in [0, 0.1) is 34.6 Å². The molecule has 0 unspecified atom stereocenters. The Morgan fingerprint density at radius 2 is 1.18 bits per heavy atom. The Bertz CT molecular complexity index is 1270. The van der Waals surface area contributed by atoms with Crippen LogP contribution in [0.25, 0.3) is 0 Å². The van der Waals surface area contributed by atoms with Gasteiger partial charge in [-0.25, -0.2) is 0 Å². The predicted molar refractivity (Wildman–Crippen MR) is 136 cm³/mol. The van der Waals surface area contributed by atoms with Crippen molar-refractivity contribution < 1.29 is 20.1 Å². The molecule has 0 aliphatic rings. The summed E-state index contributed by atoms with van der Waals surface area (Å²) in [7, 11) is 0. The lowest BCUT2D eigenvalue weighted by molar-refractivity contribution is 0.411. The lowest BCUT2D eigenvalue weighted by Gasteiger charge is -2.30. The molecule has 0 aromatic heterocycles. The quantitative estimate of drug-likeness (QED) is 0.289. The molecule has 0 saturated heterocycles. The molecule has 0 bridgehead atoms. The highest BCUT2D eigenvalue weighted by Crippen LogP contribution is 2.48. The third-order valence-electron chi connectivity index (χ3n) is 5.72. The minimum absolute atomic E-state index is 0.0481. The van der Waals surface area contributed by atoms with E-state index in [0.717, 1.165) is 27.8 Å². The van der Waals surface area contributed by atoms with Crippen molar-refractivity contribution in [1.82, 2.24) is 0 Å². The van der Waals surface area contributed by atoms with Crippen LogP contribution in [0.15, 0.2) is 66.7 Å². The van der Waals surface area contributed by atoms with Gasteiger partial charge in [-0.2, -0.15) is 0 Å². The summed E-state index contributed by atoms with van der Waals surface area (Å²) in [5.74, 6) is 1.13. The molecule has 0 atom stereocenters. The number of ether oxygens (including phenoxy) is 1. The molecule has 5 heteroatoms. The zero-order valence-electron chi connectivity index (χ0n) is 20.0. The van der Waals surface area contributed by atoms with Gasteiger partial charge in [0, 0.05) is 6.07 Å². The number of phenols is 3. The zero-order valence-corrected chi connectivity index (χ0v) is 20.0. The van der Waals surface area contributed by atoms with Gasteiger partial charge in [-0.05, 0) is 98.8 Å². The number of hydrogen-bond donors (Lipinski definition) is 3. The van der Waals surface area contributed by atoms with Gasteiger partial charge in [-0.15, -0.1) is 0 Å². The smallest absolute Gasteiger partial charge is 0.169 e. The molecule has 34 heavy (non-hydrogen) atoms. The van der Waals surface area contributed by atoms with Gasteiger partial charge in [-0.1, -0.05) is 24.3 Å². The maximum absolute atomic E-state index is 11.0. The number of anilines is 3. The van der Waals surface area contributed by atoms with E-state index in [2.05, 4.69) is 0 Å². The summed E-state index contributed by atoms with van der Waals surface area (Å²) in [5.41, 5.74) is 6.40. The van der Waals surface area contributed by atoms with Gasteiger partial charge in [0.15, 0.2) is 11.5 Å². The molecule has 174 valence electrons. The van der Waals surface area contributed by atoms with Crippen molar-refractivity contribution in [3.63, 3.8) is 0 Å². The third kappa shape index (κ3) is 4.50. The second-order valence-electron chi connectivity index (χ2n) is 8.81. The van der Waals surface area contributed by atoms with E-state index in [0.29, 0.717) is 28.6 Å². The molecule has 0 saturated carbocycles. The summed E-state index contributed by atoms with van der Waals surface area (Å²) in [6.45, 7) is 9.65. The second-order valence-corrected chi connectivity index (χ2v) is 8.81. The molecule has 4 aromatic rings. The van der Waals surface area contributed by atoms with Gasteiger partial charge in [-0.3, -0.25) is 0 Å². The molecule has 3 N–H and O–H groups in total. The first-order valence-corrected chi connectivity index (χ1v) is 11.1. The summed E-state index contributed by atoms with van der Waals surface area (Å²) in [4.78, 5) is 1.84. The van der Waals surface area contributed by atoms with E-state index in [9.17, 15) is 15.3 Å². The Labute approximate surface area is 200 Å². The van der Waals surface area contributed by atoms with Crippen molar-refractivity contribution in [3.8, 4) is 28.7 Å². The molecule has 0 aliphatic carbocycles. The van der Waals surface area contributed by atoms with Crippen molar-refractivity contribution in [2.75, 3.05) is 4.90 Å². The molecule has 5 nitrogen and oxygen atoms in total. The largest absolute Gasteiger partial charge is 0.506 e.